The van der Waals surface area contributed by atoms with Gasteiger partial charge in [-0.2, -0.15) is 4.98 Å². The SMILES string of the molecule is COc1cccc(C2C(C(=O)Nc3cccc(C)c3C)=C(C)Nc3nc(SCc4ccccc4Cl)nn32)c1. The zero-order chi connectivity index (χ0) is 26.8. The molecule has 1 unspecified atom stereocenters. The van der Waals surface area contributed by atoms with Crippen molar-refractivity contribution in [3.05, 3.63) is 105 Å². The van der Waals surface area contributed by atoms with E-state index in [2.05, 4.69) is 10.6 Å². The highest BCUT2D eigenvalue weighted by molar-refractivity contribution is 7.98. The molecule has 5 rings (SSSR count). The van der Waals surface area contributed by atoms with Crippen molar-refractivity contribution in [2.45, 2.75) is 37.7 Å². The summed E-state index contributed by atoms with van der Waals surface area (Å²) in [6.07, 6.45) is 0. The maximum absolute atomic E-state index is 13.8. The second-order valence-corrected chi connectivity index (χ2v) is 10.4. The topological polar surface area (TPSA) is 81.1 Å². The lowest BCUT2D eigenvalue weighted by Crippen LogP contribution is -2.31. The molecule has 194 valence electrons. The number of nitrogens with zero attached hydrogens (tertiary/aromatic N) is 3. The molecule has 0 aliphatic carbocycles. The van der Waals surface area contributed by atoms with Gasteiger partial charge in [0.25, 0.3) is 5.91 Å². The largest absolute Gasteiger partial charge is 0.497 e. The third-order valence-corrected chi connectivity index (χ3v) is 7.91. The van der Waals surface area contributed by atoms with Crippen molar-refractivity contribution in [1.29, 1.82) is 0 Å². The number of hydrogen-bond acceptors (Lipinski definition) is 6. The van der Waals surface area contributed by atoms with Crippen LogP contribution in [0.2, 0.25) is 5.02 Å². The molecule has 1 amide bonds. The molecule has 1 aliphatic rings. The van der Waals surface area contributed by atoms with Gasteiger partial charge >= 0.3 is 0 Å². The molecule has 3 aromatic carbocycles. The number of fused-ring (bicyclic) bond motifs is 1. The van der Waals surface area contributed by atoms with Gasteiger partial charge in [0.1, 0.15) is 11.8 Å². The molecule has 0 saturated heterocycles. The Morgan fingerprint density at radius 3 is 2.68 bits per heavy atom. The Kier molecular flexibility index (Phi) is 7.44. The number of thioether (sulfide) groups is 1. The average Bonchev–Trinajstić information content (AvgIpc) is 3.32. The van der Waals surface area contributed by atoms with Crippen LogP contribution in [0.5, 0.6) is 5.75 Å². The monoisotopic (exact) mass is 545 g/mol. The fourth-order valence-corrected chi connectivity index (χ4v) is 5.56. The van der Waals surface area contributed by atoms with E-state index in [1.54, 1.807) is 11.8 Å². The van der Waals surface area contributed by atoms with Crippen LogP contribution >= 0.6 is 23.4 Å². The van der Waals surface area contributed by atoms with Gasteiger partial charge in [0.05, 0.1) is 12.7 Å². The first kappa shape index (κ1) is 25.9. The van der Waals surface area contributed by atoms with E-state index in [0.29, 0.717) is 38.9 Å². The first-order chi connectivity index (χ1) is 18.4. The Balaban J connectivity index is 1.52. The summed E-state index contributed by atoms with van der Waals surface area (Å²) in [6, 6.07) is 20.8. The van der Waals surface area contributed by atoms with E-state index in [-0.39, 0.29) is 5.91 Å². The highest BCUT2D eigenvalue weighted by Crippen LogP contribution is 2.38. The average molecular weight is 546 g/mol. The van der Waals surface area contributed by atoms with Crippen LogP contribution in [0, 0.1) is 13.8 Å². The molecular weight excluding hydrogens is 518 g/mol. The molecule has 1 aliphatic heterocycles. The summed E-state index contributed by atoms with van der Waals surface area (Å²) in [7, 11) is 1.63. The maximum atomic E-state index is 13.8. The third kappa shape index (κ3) is 5.14. The molecule has 1 aromatic heterocycles. The molecule has 2 heterocycles. The van der Waals surface area contributed by atoms with Crippen LogP contribution in [-0.2, 0) is 10.5 Å². The summed E-state index contributed by atoms with van der Waals surface area (Å²) in [5.41, 5.74) is 6.05. The highest BCUT2D eigenvalue weighted by Gasteiger charge is 2.35. The third-order valence-electron chi connectivity index (χ3n) is 6.65. The first-order valence-electron chi connectivity index (χ1n) is 12.2. The molecule has 0 fully saturated rings. The predicted octanol–water partition coefficient (Wildman–Crippen LogP) is 6.78. The van der Waals surface area contributed by atoms with Gasteiger partial charge in [-0.25, -0.2) is 4.68 Å². The van der Waals surface area contributed by atoms with E-state index >= 15 is 0 Å². The number of carbonyl (C=O) groups is 1. The van der Waals surface area contributed by atoms with Crippen LogP contribution < -0.4 is 15.4 Å². The molecule has 4 aromatic rings. The normalized spacial score (nSPS) is 14.6. The zero-order valence-electron chi connectivity index (χ0n) is 21.6. The predicted molar refractivity (Wildman–Crippen MR) is 153 cm³/mol. The van der Waals surface area contributed by atoms with Crippen LogP contribution in [0.15, 0.2) is 83.2 Å². The quantitative estimate of drug-likeness (QED) is 0.249. The molecule has 0 spiro atoms. The van der Waals surface area contributed by atoms with E-state index in [1.165, 1.54) is 11.8 Å². The fraction of sp³-hybridized carbons (Fsp3) is 0.207. The number of benzene rings is 3. The number of anilines is 2. The Morgan fingerprint density at radius 1 is 1.11 bits per heavy atom. The van der Waals surface area contributed by atoms with Crippen LogP contribution in [0.1, 0.15) is 35.2 Å². The van der Waals surface area contributed by atoms with Crippen LogP contribution in [0.25, 0.3) is 0 Å². The number of halogens is 1. The molecule has 0 saturated carbocycles. The van der Waals surface area contributed by atoms with Gasteiger partial charge in [-0.15, -0.1) is 5.10 Å². The lowest BCUT2D eigenvalue weighted by molar-refractivity contribution is -0.113. The number of methoxy groups -OCH3 is 1. The molecule has 1 atom stereocenters. The van der Waals surface area contributed by atoms with Crippen LogP contribution in [0.4, 0.5) is 11.6 Å². The Hall–Kier alpha value is -3.75. The van der Waals surface area contributed by atoms with Crippen molar-refractivity contribution < 1.29 is 9.53 Å². The van der Waals surface area contributed by atoms with Crippen molar-refractivity contribution in [3.63, 3.8) is 0 Å². The van der Waals surface area contributed by atoms with E-state index in [1.807, 2.05) is 87.5 Å². The maximum Gasteiger partial charge on any atom is 0.255 e. The number of aromatic nitrogens is 3. The van der Waals surface area contributed by atoms with Crippen molar-refractivity contribution in [2.75, 3.05) is 17.7 Å². The lowest BCUT2D eigenvalue weighted by atomic mass is 9.94. The molecule has 9 heteroatoms. The van der Waals surface area contributed by atoms with Crippen molar-refractivity contribution in [1.82, 2.24) is 14.8 Å². The molecular formula is C29H28ClN5O2S. The number of ether oxygens (including phenoxy) is 1. The fourth-order valence-electron chi connectivity index (χ4n) is 4.44. The summed E-state index contributed by atoms with van der Waals surface area (Å²) >= 11 is 7.84. The molecule has 2 N–H and O–H groups in total. The highest BCUT2D eigenvalue weighted by atomic mass is 35.5. The molecule has 7 nitrogen and oxygen atoms in total. The van der Waals surface area contributed by atoms with Gasteiger partial charge in [0.15, 0.2) is 0 Å². The van der Waals surface area contributed by atoms with E-state index in [4.69, 9.17) is 26.4 Å². The van der Waals surface area contributed by atoms with Gasteiger partial charge in [0, 0.05) is 22.2 Å². The Morgan fingerprint density at radius 2 is 1.89 bits per heavy atom. The number of carbonyl (C=O) groups excluding carboxylic acids is 1. The smallest absolute Gasteiger partial charge is 0.255 e. The molecule has 0 radical (unpaired) electrons. The minimum atomic E-state index is -0.506. The van der Waals surface area contributed by atoms with Crippen LogP contribution in [0.3, 0.4) is 0 Å². The summed E-state index contributed by atoms with van der Waals surface area (Å²) in [5, 5.41) is 12.5. The minimum Gasteiger partial charge on any atom is -0.497 e. The Labute approximate surface area is 231 Å². The van der Waals surface area contributed by atoms with E-state index < -0.39 is 6.04 Å². The number of nitrogens with one attached hydrogen (secondary N) is 2. The summed E-state index contributed by atoms with van der Waals surface area (Å²) in [4.78, 5) is 18.6. The van der Waals surface area contributed by atoms with Crippen LogP contribution in [-0.4, -0.2) is 27.8 Å². The second-order valence-electron chi connectivity index (χ2n) is 9.09. The summed E-state index contributed by atoms with van der Waals surface area (Å²) < 4.78 is 7.26. The minimum absolute atomic E-state index is 0.206. The van der Waals surface area contributed by atoms with Crippen molar-refractivity contribution in [3.8, 4) is 5.75 Å². The molecule has 0 bridgehead atoms. The first-order valence-corrected chi connectivity index (χ1v) is 13.5. The van der Waals surface area contributed by atoms with Crippen molar-refractivity contribution in [2.24, 2.45) is 0 Å². The second kappa shape index (κ2) is 10.9. The van der Waals surface area contributed by atoms with Gasteiger partial charge < -0.3 is 15.4 Å². The standard InChI is InChI=1S/C29H28ClN5O2S/c1-17-9-7-14-24(18(17)2)32-27(36)25-19(3)31-28-33-29(38-16-21-10-5-6-13-23(21)30)34-35(28)26(25)20-11-8-12-22(15-20)37-4/h5-15,26H,16H2,1-4H3,(H,32,36)(H,31,33,34). The van der Waals surface area contributed by atoms with Crippen molar-refractivity contribution >= 4 is 40.9 Å². The van der Waals surface area contributed by atoms with Gasteiger partial charge in [-0.1, -0.05) is 65.8 Å². The number of aryl methyl sites for hydroxylation is 1. The van der Waals surface area contributed by atoms with Gasteiger partial charge in [0.2, 0.25) is 11.1 Å². The Bertz CT molecular complexity index is 1550. The number of allylic oxidation sites excluding steroid dienone is 1. The zero-order valence-corrected chi connectivity index (χ0v) is 23.2. The van der Waals surface area contributed by atoms with Gasteiger partial charge in [-0.3, -0.25) is 4.79 Å². The van der Waals surface area contributed by atoms with Gasteiger partial charge in [-0.05, 0) is 67.3 Å². The lowest BCUT2D eigenvalue weighted by Gasteiger charge is -2.29. The summed E-state index contributed by atoms with van der Waals surface area (Å²) in [5.74, 6) is 1.69. The molecule has 38 heavy (non-hydrogen) atoms. The number of amides is 1. The number of hydrogen-bond donors (Lipinski definition) is 2. The summed E-state index contributed by atoms with van der Waals surface area (Å²) in [6.45, 7) is 5.92. The van der Waals surface area contributed by atoms with E-state index in [9.17, 15) is 4.79 Å². The number of rotatable bonds is 7. The van der Waals surface area contributed by atoms with E-state index in [0.717, 1.165) is 27.9 Å².